The van der Waals surface area contributed by atoms with E-state index in [-0.39, 0.29) is 78.9 Å². The smallest absolute Gasteiger partial charge is 0.201 e. The average molecular weight is 696 g/mol. The second-order valence-electron chi connectivity index (χ2n) is 12.3. The van der Waals surface area contributed by atoms with E-state index in [0.29, 0.717) is 11.1 Å². The number of carbonyl (C=O) groups is 2. The summed E-state index contributed by atoms with van der Waals surface area (Å²) in [4.78, 5) is 28.3. The highest BCUT2D eigenvalue weighted by Crippen LogP contribution is 2.59. The van der Waals surface area contributed by atoms with Crippen LogP contribution in [0, 0.1) is 0 Å². The minimum Gasteiger partial charge on any atom is -0.507 e. The van der Waals surface area contributed by atoms with Gasteiger partial charge in [-0.05, 0) is 84.3 Å². The Morgan fingerprint density at radius 2 is 0.938 bits per heavy atom. The molecule has 48 heavy (non-hydrogen) atoms. The number of carbonyl (C=O) groups excluding carboxylic acids is 2. The minimum absolute atomic E-state index is 0.0353. The predicted molar refractivity (Wildman–Crippen MR) is 177 cm³/mol. The van der Waals surface area contributed by atoms with Crippen LogP contribution in [-0.4, -0.2) is 68.6 Å². The quantitative estimate of drug-likeness (QED) is 0.140. The Balaban J connectivity index is 1.81. The average Bonchev–Trinajstić information content (AvgIpc) is 3.00. The van der Waals surface area contributed by atoms with E-state index in [1.807, 2.05) is 0 Å². The van der Waals surface area contributed by atoms with Crippen molar-refractivity contribution < 1.29 is 49.7 Å². The first-order valence-corrected chi connectivity index (χ1v) is 15.8. The molecule has 0 radical (unpaired) electrons. The zero-order valence-corrected chi connectivity index (χ0v) is 27.8. The van der Waals surface area contributed by atoms with Crippen LogP contribution in [0.25, 0.3) is 0 Å². The number of phenolic OH excluding ortho intramolecular Hbond substituents is 4. The van der Waals surface area contributed by atoms with Crippen molar-refractivity contribution in [2.24, 2.45) is 0 Å². The Morgan fingerprint density at radius 1 is 0.604 bits per heavy atom. The fourth-order valence-corrected chi connectivity index (χ4v) is 7.62. The van der Waals surface area contributed by atoms with Crippen LogP contribution in [0.1, 0.15) is 90.9 Å². The summed E-state index contributed by atoms with van der Waals surface area (Å²) in [5, 5.41) is 65.5. The minimum atomic E-state index is -1.03. The van der Waals surface area contributed by atoms with Crippen molar-refractivity contribution in [2.45, 2.75) is 50.7 Å². The third-order valence-electron chi connectivity index (χ3n) is 8.97. The lowest BCUT2D eigenvalue weighted by Gasteiger charge is -2.39. The maximum Gasteiger partial charge on any atom is 0.201 e. The van der Waals surface area contributed by atoms with Gasteiger partial charge in [0.2, 0.25) is 11.6 Å². The Morgan fingerprint density at radius 3 is 1.25 bits per heavy atom. The molecule has 0 heterocycles. The molecular formula is C36H32Cl2O10. The first kappa shape index (κ1) is 33.4. The van der Waals surface area contributed by atoms with Crippen molar-refractivity contribution in [1.82, 2.24) is 0 Å². The summed E-state index contributed by atoms with van der Waals surface area (Å²) < 4.78 is 11.0. The number of ketones is 2. The lowest BCUT2D eigenvalue weighted by atomic mass is 9.63. The molecule has 2 aliphatic carbocycles. The van der Waals surface area contributed by atoms with Crippen molar-refractivity contribution in [3.05, 3.63) is 102 Å². The van der Waals surface area contributed by atoms with Crippen LogP contribution < -0.4 is 9.47 Å². The molecule has 12 heteroatoms. The number of ether oxygens (including phenoxy) is 2. The number of benzene rings is 4. The van der Waals surface area contributed by atoms with E-state index >= 15 is 0 Å². The fraction of sp³-hybridized carbons (Fsp3) is 0.278. The summed E-state index contributed by atoms with van der Waals surface area (Å²) in [6.07, 6.45) is -1.40. The summed E-state index contributed by atoms with van der Waals surface area (Å²) in [7, 11) is 2.67. The molecule has 0 aromatic heterocycles. The molecular weight excluding hydrogens is 663 g/mol. The van der Waals surface area contributed by atoms with Crippen LogP contribution in [-0.2, 0) is 12.8 Å². The molecule has 0 saturated carbocycles. The van der Waals surface area contributed by atoms with Crippen molar-refractivity contribution in [2.75, 3.05) is 14.2 Å². The van der Waals surface area contributed by atoms with E-state index in [4.69, 9.17) is 32.7 Å². The Hall–Kier alpha value is -4.48. The summed E-state index contributed by atoms with van der Waals surface area (Å²) in [6, 6.07) is 9.02. The summed E-state index contributed by atoms with van der Waals surface area (Å²) in [5.41, 5.74) is 1.23. The number of phenols is 4. The van der Waals surface area contributed by atoms with Crippen LogP contribution in [0.2, 0.25) is 10.0 Å². The second-order valence-corrected chi connectivity index (χ2v) is 13.0. The molecule has 0 unspecified atom stereocenters. The van der Waals surface area contributed by atoms with Crippen molar-refractivity contribution in [3.63, 3.8) is 0 Å². The molecule has 4 aromatic carbocycles. The van der Waals surface area contributed by atoms with Gasteiger partial charge in [-0.2, -0.15) is 0 Å². The van der Waals surface area contributed by atoms with Crippen LogP contribution in [0.3, 0.4) is 0 Å². The van der Waals surface area contributed by atoms with Gasteiger partial charge < -0.3 is 40.1 Å². The highest BCUT2D eigenvalue weighted by Gasteiger charge is 2.47. The topological polar surface area (TPSA) is 174 Å². The number of halogens is 2. The lowest BCUT2D eigenvalue weighted by molar-refractivity contribution is 0.101. The van der Waals surface area contributed by atoms with Gasteiger partial charge in [-0.1, -0.05) is 35.3 Å². The number of fused-ring (bicyclic) bond motifs is 4. The molecule has 250 valence electrons. The molecule has 0 aliphatic heterocycles. The number of hydrogen-bond acceptors (Lipinski definition) is 10. The number of aliphatic hydroxyl groups excluding tert-OH is 2. The number of aromatic hydroxyl groups is 4. The van der Waals surface area contributed by atoms with Gasteiger partial charge in [0.05, 0.1) is 48.7 Å². The molecule has 0 bridgehead atoms. The number of methoxy groups -OCH3 is 2. The van der Waals surface area contributed by atoms with Gasteiger partial charge in [0.15, 0.2) is 0 Å². The van der Waals surface area contributed by atoms with Crippen LogP contribution in [0.4, 0.5) is 0 Å². The molecule has 4 aromatic rings. The molecule has 6 N–H and O–H groups in total. The monoisotopic (exact) mass is 694 g/mol. The largest absolute Gasteiger partial charge is 0.507 e. The van der Waals surface area contributed by atoms with Crippen molar-refractivity contribution in [3.8, 4) is 34.5 Å². The number of rotatable bonds is 7. The van der Waals surface area contributed by atoms with Crippen molar-refractivity contribution >= 4 is 34.8 Å². The van der Waals surface area contributed by atoms with Gasteiger partial charge in [-0.15, -0.1) is 0 Å². The first-order valence-electron chi connectivity index (χ1n) is 15.1. The standard InChI is InChI=1S/C36H32Cl2O10/c1-13(39)5-15-7-17-25(19-11-23(47-3)31(37)35(45)29(19)33(43)27(17)21(41)9-15)26-18-8-16(6-14(2)40)10-22(42)28(18)34(44)30-20(26)12-24(48-4)32(38)36(30)46/h7-14,25-26,39-42,45-46H,5-6H2,1-4H3/t13-,14-,25-,26+/m0/s1. The van der Waals surface area contributed by atoms with Gasteiger partial charge in [-0.3, -0.25) is 9.59 Å². The summed E-state index contributed by atoms with van der Waals surface area (Å²) >= 11 is 12.9. The molecule has 6 rings (SSSR count). The molecule has 2 aliphatic rings. The lowest BCUT2D eigenvalue weighted by Crippen LogP contribution is -2.30. The molecule has 0 amide bonds. The third-order valence-corrected chi connectivity index (χ3v) is 9.70. The highest BCUT2D eigenvalue weighted by molar-refractivity contribution is 6.35. The second kappa shape index (κ2) is 12.2. The van der Waals surface area contributed by atoms with Gasteiger partial charge in [0.25, 0.3) is 0 Å². The fourth-order valence-electron chi connectivity index (χ4n) is 7.17. The van der Waals surface area contributed by atoms with Gasteiger partial charge in [-0.25, -0.2) is 0 Å². The number of hydrogen-bond donors (Lipinski definition) is 6. The van der Waals surface area contributed by atoms with E-state index in [1.165, 1.54) is 38.5 Å². The maximum atomic E-state index is 14.2. The molecule has 0 spiro atoms. The van der Waals surface area contributed by atoms with Crippen molar-refractivity contribution in [1.29, 1.82) is 0 Å². The maximum absolute atomic E-state index is 14.2. The molecule has 0 saturated heterocycles. The van der Waals surface area contributed by atoms with E-state index in [2.05, 4.69) is 0 Å². The third kappa shape index (κ3) is 5.11. The van der Waals surface area contributed by atoms with Gasteiger partial charge in [0, 0.05) is 11.8 Å². The summed E-state index contributed by atoms with van der Waals surface area (Å²) in [5.74, 6) is -5.44. The van der Waals surface area contributed by atoms with E-state index < -0.39 is 58.6 Å². The van der Waals surface area contributed by atoms with E-state index in [9.17, 15) is 40.2 Å². The van der Waals surface area contributed by atoms with Gasteiger partial charge >= 0.3 is 0 Å². The Labute approximate surface area is 285 Å². The van der Waals surface area contributed by atoms with Crippen LogP contribution in [0.5, 0.6) is 34.5 Å². The van der Waals surface area contributed by atoms with Gasteiger partial charge in [0.1, 0.15) is 44.5 Å². The van der Waals surface area contributed by atoms with Crippen LogP contribution in [0.15, 0.2) is 36.4 Å². The summed E-state index contributed by atoms with van der Waals surface area (Å²) in [6.45, 7) is 3.15. The van der Waals surface area contributed by atoms with E-state index in [0.717, 1.165) is 0 Å². The Bertz CT molecular complexity index is 1890. The molecule has 10 nitrogen and oxygen atoms in total. The zero-order chi connectivity index (χ0) is 34.9. The zero-order valence-electron chi connectivity index (χ0n) is 26.3. The SMILES string of the molecule is COc1cc2c(c(O)c1Cl)C(=O)c1c(O)cc(C[C@H](C)O)cc1[C@H]2[C@H]1c2cc(C[C@H](C)O)cc(O)c2C(=O)c2c1cc(OC)c(Cl)c2O. The normalized spacial score (nSPS) is 17.6. The Kier molecular flexibility index (Phi) is 8.49. The van der Waals surface area contributed by atoms with E-state index in [1.54, 1.807) is 26.0 Å². The number of aliphatic hydroxyl groups is 2. The van der Waals surface area contributed by atoms with Crippen LogP contribution >= 0.6 is 23.2 Å². The molecule has 0 fully saturated rings. The molecule has 4 atom stereocenters. The first-order chi connectivity index (χ1) is 22.7. The highest BCUT2D eigenvalue weighted by atomic mass is 35.5. The predicted octanol–water partition coefficient (Wildman–Crippen LogP) is 5.73.